The summed E-state index contributed by atoms with van der Waals surface area (Å²) in [6.07, 6.45) is 6.54. The molecule has 0 atom stereocenters. The normalized spacial score (nSPS) is 15.6. The van der Waals surface area contributed by atoms with Crippen LogP contribution >= 0.6 is 0 Å². The molecule has 0 spiro atoms. The van der Waals surface area contributed by atoms with E-state index in [-0.39, 0.29) is 0 Å². The Bertz CT molecular complexity index is 574. The minimum Gasteiger partial charge on any atom is -0.468 e. The predicted molar refractivity (Wildman–Crippen MR) is 79.5 cm³/mol. The van der Waals surface area contributed by atoms with Crippen molar-refractivity contribution in [2.75, 3.05) is 13.2 Å². The minimum absolute atomic E-state index is 0.545. The van der Waals surface area contributed by atoms with Gasteiger partial charge in [-0.25, -0.2) is 4.98 Å². The van der Waals surface area contributed by atoms with E-state index >= 15 is 0 Å². The monoisotopic (exact) mass is 287 g/mol. The number of imidazole rings is 1. The van der Waals surface area contributed by atoms with Crippen LogP contribution in [-0.2, 0) is 31.0 Å². The van der Waals surface area contributed by atoms with E-state index in [0.29, 0.717) is 13.2 Å². The molecule has 0 N–H and O–H groups in total. The van der Waals surface area contributed by atoms with Gasteiger partial charge in [-0.15, -0.1) is 6.58 Å². The number of rotatable bonds is 6. The van der Waals surface area contributed by atoms with Gasteiger partial charge in [0, 0.05) is 19.6 Å². The lowest BCUT2D eigenvalue weighted by Crippen LogP contribution is -2.23. The Morgan fingerprint density at radius 2 is 2.38 bits per heavy atom. The third-order valence-electron chi connectivity index (χ3n) is 3.71. The van der Waals surface area contributed by atoms with Crippen molar-refractivity contribution in [1.82, 2.24) is 14.5 Å². The Kier molecular flexibility index (Phi) is 4.52. The largest absolute Gasteiger partial charge is 0.468 e. The Hall–Kier alpha value is -1.85. The molecule has 1 aliphatic heterocycles. The fourth-order valence-corrected chi connectivity index (χ4v) is 2.70. The van der Waals surface area contributed by atoms with E-state index in [0.717, 1.165) is 44.1 Å². The molecule has 0 unspecified atom stereocenters. The van der Waals surface area contributed by atoms with Crippen LogP contribution in [0.1, 0.15) is 23.6 Å². The van der Waals surface area contributed by atoms with Crippen molar-refractivity contribution in [2.24, 2.45) is 0 Å². The lowest BCUT2D eigenvalue weighted by molar-refractivity contribution is 0.144. The summed E-state index contributed by atoms with van der Waals surface area (Å²) in [6, 6.07) is 3.96. The summed E-state index contributed by atoms with van der Waals surface area (Å²) in [5, 5.41) is 0. The van der Waals surface area contributed by atoms with Crippen molar-refractivity contribution in [3.05, 3.63) is 54.5 Å². The molecule has 2 aromatic heterocycles. The number of aromatic nitrogens is 2. The van der Waals surface area contributed by atoms with Crippen LogP contribution < -0.4 is 0 Å². The first-order valence-electron chi connectivity index (χ1n) is 7.33. The molecule has 0 radical (unpaired) electrons. The highest BCUT2D eigenvalue weighted by Gasteiger charge is 2.19. The maximum atomic E-state index is 5.54. The van der Waals surface area contributed by atoms with E-state index in [1.165, 1.54) is 5.69 Å². The quantitative estimate of drug-likeness (QED) is 0.605. The number of aryl methyl sites for hydroxylation is 1. The topological polar surface area (TPSA) is 43.4 Å². The molecule has 5 heteroatoms. The molecule has 2 aromatic rings. The highest BCUT2D eigenvalue weighted by Crippen LogP contribution is 2.19. The number of ether oxygens (including phenoxy) is 1. The third-order valence-corrected chi connectivity index (χ3v) is 3.71. The third kappa shape index (κ3) is 3.43. The van der Waals surface area contributed by atoms with Gasteiger partial charge < -0.3 is 13.7 Å². The number of hydrogen-bond acceptors (Lipinski definition) is 4. The standard InChI is InChI=1S/C16H21N3O2/c1-2-8-20-12-15-16-11-18(10-14-5-3-9-21-14)6-4-7-19(16)13-17-15/h2-3,5,9,13H,1,4,6-8,10-12H2. The van der Waals surface area contributed by atoms with E-state index in [9.17, 15) is 0 Å². The molecule has 0 bridgehead atoms. The van der Waals surface area contributed by atoms with E-state index in [1.54, 1.807) is 12.3 Å². The highest BCUT2D eigenvalue weighted by molar-refractivity contribution is 5.14. The van der Waals surface area contributed by atoms with Crippen LogP contribution in [0, 0.1) is 0 Å². The smallest absolute Gasteiger partial charge is 0.117 e. The van der Waals surface area contributed by atoms with Crippen LogP contribution in [0.4, 0.5) is 0 Å². The van der Waals surface area contributed by atoms with Crippen LogP contribution in [0.2, 0.25) is 0 Å². The van der Waals surface area contributed by atoms with Gasteiger partial charge in [0.05, 0.1) is 43.7 Å². The highest BCUT2D eigenvalue weighted by atomic mass is 16.5. The summed E-state index contributed by atoms with van der Waals surface area (Å²) in [5.41, 5.74) is 2.28. The van der Waals surface area contributed by atoms with Gasteiger partial charge in [0.1, 0.15) is 5.76 Å². The summed E-state index contributed by atoms with van der Waals surface area (Å²) in [6.45, 7) is 8.57. The number of hydrogen-bond donors (Lipinski definition) is 0. The second-order valence-corrected chi connectivity index (χ2v) is 5.28. The SMILES string of the molecule is C=CCOCc1ncn2c1CN(Cc1ccco1)CCC2. The summed E-state index contributed by atoms with van der Waals surface area (Å²) >= 11 is 0. The maximum absolute atomic E-state index is 5.54. The zero-order chi connectivity index (χ0) is 14.5. The van der Waals surface area contributed by atoms with Crippen LogP contribution in [0.15, 0.2) is 41.8 Å². The molecule has 0 amide bonds. The van der Waals surface area contributed by atoms with Gasteiger partial charge in [-0.05, 0) is 18.6 Å². The zero-order valence-electron chi connectivity index (χ0n) is 12.2. The number of nitrogens with zero attached hydrogens (tertiary/aromatic N) is 3. The molecule has 3 heterocycles. The average molecular weight is 287 g/mol. The molecule has 0 saturated carbocycles. The lowest BCUT2D eigenvalue weighted by Gasteiger charge is -2.18. The molecule has 3 rings (SSSR count). The molecular weight excluding hydrogens is 266 g/mol. The van der Waals surface area contributed by atoms with Crippen molar-refractivity contribution in [3.63, 3.8) is 0 Å². The first-order valence-corrected chi connectivity index (χ1v) is 7.33. The molecule has 0 aliphatic carbocycles. The number of furan rings is 1. The van der Waals surface area contributed by atoms with Crippen LogP contribution in [-0.4, -0.2) is 27.6 Å². The molecule has 112 valence electrons. The van der Waals surface area contributed by atoms with Gasteiger partial charge in [-0.1, -0.05) is 6.08 Å². The zero-order valence-corrected chi connectivity index (χ0v) is 12.2. The Morgan fingerprint density at radius 1 is 1.43 bits per heavy atom. The van der Waals surface area contributed by atoms with E-state index < -0.39 is 0 Å². The molecule has 5 nitrogen and oxygen atoms in total. The summed E-state index contributed by atoms with van der Waals surface area (Å²) in [4.78, 5) is 6.90. The first kappa shape index (κ1) is 14.1. The van der Waals surface area contributed by atoms with Gasteiger partial charge in [-0.3, -0.25) is 4.90 Å². The second-order valence-electron chi connectivity index (χ2n) is 5.28. The van der Waals surface area contributed by atoms with Gasteiger partial charge in [-0.2, -0.15) is 0 Å². The van der Waals surface area contributed by atoms with Crippen molar-refractivity contribution in [1.29, 1.82) is 0 Å². The second kappa shape index (κ2) is 6.74. The van der Waals surface area contributed by atoms with Crippen molar-refractivity contribution >= 4 is 0 Å². The van der Waals surface area contributed by atoms with Gasteiger partial charge in [0.25, 0.3) is 0 Å². The molecule has 0 aromatic carbocycles. The minimum atomic E-state index is 0.545. The Morgan fingerprint density at radius 3 is 3.19 bits per heavy atom. The van der Waals surface area contributed by atoms with Gasteiger partial charge in [0.15, 0.2) is 0 Å². The average Bonchev–Trinajstić information content (AvgIpc) is 3.06. The fraction of sp³-hybridized carbons (Fsp3) is 0.438. The summed E-state index contributed by atoms with van der Waals surface area (Å²) in [7, 11) is 0. The van der Waals surface area contributed by atoms with Crippen molar-refractivity contribution < 1.29 is 9.15 Å². The van der Waals surface area contributed by atoms with E-state index in [2.05, 4.69) is 21.0 Å². The summed E-state index contributed by atoms with van der Waals surface area (Å²) < 4.78 is 13.2. The van der Waals surface area contributed by atoms with Crippen LogP contribution in [0.3, 0.4) is 0 Å². The fourth-order valence-electron chi connectivity index (χ4n) is 2.70. The lowest BCUT2D eigenvalue weighted by atomic mass is 10.3. The molecule has 21 heavy (non-hydrogen) atoms. The van der Waals surface area contributed by atoms with E-state index in [4.69, 9.17) is 9.15 Å². The van der Waals surface area contributed by atoms with Crippen molar-refractivity contribution in [2.45, 2.75) is 32.7 Å². The summed E-state index contributed by atoms with van der Waals surface area (Å²) in [5.74, 6) is 1.01. The molecule has 0 saturated heterocycles. The molecular formula is C16H21N3O2. The number of fused-ring (bicyclic) bond motifs is 1. The molecule has 1 aliphatic rings. The Balaban J connectivity index is 1.70. The van der Waals surface area contributed by atoms with E-state index in [1.807, 2.05) is 18.5 Å². The Labute approximate surface area is 124 Å². The first-order chi connectivity index (χ1) is 10.4. The van der Waals surface area contributed by atoms with Gasteiger partial charge >= 0.3 is 0 Å². The van der Waals surface area contributed by atoms with Crippen molar-refractivity contribution in [3.8, 4) is 0 Å². The van der Waals surface area contributed by atoms with Gasteiger partial charge in [0.2, 0.25) is 0 Å². The predicted octanol–water partition coefficient (Wildman–Crippen LogP) is 2.58. The van der Waals surface area contributed by atoms with Crippen LogP contribution in [0.5, 0.6) is 0 Å². The van der Waals surface area contributed by atoms with Crippen LogP contribution in [0.25, 0.3) is 0 Å². The maximum Gasteiger partial charge on any atom is 0.117 e. The molecule has 0 fully saturated rings.